The Kier molecular flexibility index (Phi) is 4.66. The Bertz CT molecular complexity index is 1070. The zero-order valence-electron chi connectivity index (χ0n) is 16.3. The van der Waals surface area contributed by atoms with E-state index in [1.807, 2.05) is 99.6 Å². The quantitative estimate of drug-likeness (QED) is 0.568. The van der Waals surface area contributed by atoms with Crippen molar-refractivity contribution in [1.29, 1.82) is 0 Å². The molecule has 4 rings (SSSR count). The zero-order valence-corrected chi connectivity index (χ0v) is 16.3. The lowest BCUT2D eigenvalue weighted by Gasteiger charge is -2.19. The Morgan fingerprint density at radius 2 is 1.21 bits per heavy atom. The van der Waals surface area contributed by atoms with Gasteiger partial charge in [-0.1, -0.05) is 77.4 Å². The molecule has 0 spiro atoms. The summed E-state index contributed by atoms with van der Waals surface area (Å²) in [7, 11) is 0. The lowest BCUT2D eigenvalue weighted by atomic mass is 10.1. The monoisotopic (exact) mass is 366 g/mol. The van der Waals surface area contributed by atoms with Crippen molar-refractivity contribution in [3.8, 4) is 0 Å². The summed E-state index contributed by atoms with van der Waals surface area (Å²) in [5.41, 5.74) is 6.66. The molecule has 0 saturated heterocycles. The van der Waals surface area contributed by atoms with Gasteiger partial charge in [-0.2, -0.15) is 0 Å². The first-order valence-corrected chi connectivity index (χ1v) is 9.36. The van der Waals surface area contributed by atoms with Crippen molar-refractivity contribution in [2.75, 3.05) is 4.90 Å². The normalized spacial score (nSPS) is 15.2. The number of rotatable bonds is 3. The van der Waals surface area contributed by atoms with Gasteiger partial charge < -0.3 is 0 Å². The molecule has 0 fully saturated rings. The molecule has 1 heterocycles. The number of hydrogen-bond donors (Lipinski definition) is 0. The van der Waals surface area contributed by atoms with Crippen molar-refractivity contribution in [3.05, 3.63) is 106 Å². The minimum Gasteiger partial charge on any atom is -0.266 e. The van der Waals surface area contributed by atoms with Crippen LogP contribution in [0.25, 0.3) is 6.08 Å². The van der Waals surface area contributed by atoms with Gasteiger partial charge in [0.2, 0.25) is 0 Å². The van der Waals surface area contributed by atoms with E-state index >= 15 is 0 Å². The molecule has 0 aromatic heterocycles. The summed E-state index contributed by atoms with van der Waals surface area (Å²) in [5.74, 6) is 0.548. The van der Waals surface area contributed by atoms with Crippen LogP contribution in [0, 0.1) is 20.8 Å². The van der Waals surface area contributed by atoms with Crippen molar-refractivity contribution in [1.82, 2.24) is 0 Å². The Labute approximate surface area is 165 Å². The van der Waals surface area contributed by atoms with Gasteiger partial charge in [0, 0.05) is 5.56 Å². The second-order valence-electron chi connectivity index (χ2n) is 7.22. The average Bonchev–Trinajstić information content (AvgIpc) is 3.01. The van der Waals surface area contributed by atoms with Gasteiger partial charge in [-0.15, -0.1) is 0 Å². The number of anilines is 1. The largest absolute Gasteiger partial charge is 0.282 e. The molecule has 0 unspecified atom stereocenters. The second-order valence-corrected chi connectivity index (χ2v) is 7.22. The number of nitrogens with zero attached hydrogens (tertiary/aromatic N) is 2. The van der Waals surface area contributed by atoms with Crippen LogP contribution in [0.3, 0.4) is 0 Å². The average molecular weight is 366 g/mol. The number of amidine groups is 1. The fourth-order valence-electron chi connectivity index (χ4n) is 3.17. The van der Waals surface area contributed by atoms with Crippen LogP contribution in [0.1, 0.15) is 27.8 Å². The SMILES string of the molecule is Cc1ccc(/C=C2/N=C(c3ccc(C)cc3)N(c3ccc(C)cc3)C2=O)cc1. The van der Waals surface area contributed by atoms with Gasteiger partial charge in [-0.25, -0.2) is 4.99 Å². The summed E-state index contributed by atoms with van der Waals surface area (Å²) in [6.45, 7) is 6.13. The maximum atomic E-state index is 13.3. The highest BCUT2D eigenvalue weighted by molar-refractivity contribution is 6.33. The first kappa shape index (κ1) is 17.9. The molecule has 3 nitrogen and oxygen atoms in total. The molecule has 3 aromatic carbocycles. The van der Waals surface area contributed by atoms with Crippen molar-refractivity contribution in [2.24, 2.45) is 4.99 Å². The van der Waals surface area contributed by atoms with Crippen LogP contribution in [-0.4, -0.2) is 11.7 Å². The van der Waals surface area contributed by atoms with E-state index in [0.29, 0.717) is 11.5 Å². The third-order valence-corrected chi connectivity index (χ3v) is 4.84. The molecule has 3 aromatic rings. The lowest BCUT2D eigenvalue weighted by Crippen LogP contribution is -2.32. The Balaban J connectivity index is 1.81. The number of carbonyl (C=O) groups excluding carboxylic acids is 1. The molecule has 0 bridgehead atoms. The lowest BCUT2D eigenvalue weighted by molar-refractivity contribution is -0.113. The van der Waals surface area contributed by atoms with Crippen molar-refractivity contribution < 1.29 is 4.79 Å². The summed E-state index contributed by atoms with van der Waals surface area (Å²) < 4.78 is 0. The van der Waals surface area contributed by atoms with E-state index in [-0.39, 0.29) is 5.91 Å². The van der Waals surface area contributed by atoms with E-state index in [4.69, 9.17) is 4.99 Å². The summed E-state index contributed by atoms with van der Waals surface area (Å²) in [5, 5.41) is 0. The smallest absolute Gasteiger partial charge is 0.266 e. The van der Waals surface area contributed by atoms with E-state index in [9.17, 15) is 4.79 Å². The molecule has 28 heavy (non-hydrogen) atoms. The number of amides is 1. The van der Waals surface area contributed by atoms with Crippen molar-refractivity contribution in [3.63, 3.8) is 0 Å². The van der Waals surface area contributed by atoms with Gasteiger partial charge in [-0.3, -0.25) is 9.69 Å². The Morgan fingerprint density at radius 1 is 0.714 bits per heavy atom. The first-order chi connectivity index (χ1) is 13.5. The highest BCUT2D eigenvalue weighted by atomic mass is 16.2. The van der Waals surface area contributed by atoms with Gasteiger partial charge >= 0.3 is 0 Å². The molecule has 0 atom stereocenters. The second kappa shape index (κ2) is 7.28. The molecule has 0 radical (unpaired) electrons. The summed E-state index contributed by atoms with van der Waals surface area (Å²) >= 11 is 0. The maximum absolute atomic E-state index is 13.3. The maximum Gasteiger partial charge on any atom is 0.282 e. The van der Waals surface area contributed by atoms with Gasteiger partial charge in [-0.05, 0) is 44.5 Å². The van der Waals surface area contributed by atoms with E-state index in [1.165, 1.54) is 11.1 Å². The molecular formula is C25H22N2O. The summed E-state index contributed by atoms with van der Waals surface area (Å²) in [6.07, 6.45) is 1.85. The van der Waals surface area contributed by atoms with E-state index in [0.717, 1.165) is 22.4 Å². The van der Waals surface area contributed by atoms with Gasteiger partial charge in [0.05, 0.1) is 5.69 Å². The van der Waals surface area contributed by atoms with E-state index < -0.39 is 0 Å². The molecule has 3 heteroatoms. The minimum atomic E-state index is -0.111. The van der Waals surface area contributed by atoms with Crippen LogP contribution < -0.4 is 4.90 Å². The van der Waals surface area contributed by atoms with Crippen LogP contribution in [0.4, 0.5) is 5.69 Å². The zero-order chi connectivity index (χ0) is 19.7. The predicted octanol–water partition coefficient (Wildman–Crippen LogP) is 5.45. The Morgan fingerprint density at radius 3 is 1.79 bits per heavy atom. The van der Waals surface area contributed by atoms with E-state index in [1.54, 1.807) is 4.90 Å². The minimum absolute atomic E-state index is 0.111. The Hall–Kier alpha value is -3.46. The van der Waals surface area contributed by atoms with Crippen molar-refractivity contribution in [2.45, 2.75) is 20.8 Å². The number of carbonyl (C=O) groups is 1. The number of benzene rings is 3. The predicted molar refractivity (Wildman–Crippen MR) is 116 cm³/mol. The standard InChI is InChI=1S/C25H22N2O/c1-17-4-10-20(11-5-17)16-23-25(28)27(22-14-8-19(3)9-15-22)24(26-23)21-12-6-18(2)7-13-21/h4-16H,1-3H3/b23-16+. The summed E-state index contributed by atoms with van der Waals surface area (Å²) in [4.78, 5) is 19.7. The van der Waals surface area contributed by atoms with Gasteiger partial charge in [0.1, 0.15) is 11.5 Å². The third kappa shape index (κ3) is 3.52. The van der Waals surface area contributed by atoms with Crippen LogP contribution in [-0.2, 0) is 4.79 Å². The fourth-order valence-corrected chi connectivity index (χ4v) is 3.17. The van der Waals surface area contributed by atoms with E-state index in [2.05, 4.69) is 0 Å². The highest BCUT2D eigenvalue weighted by Crippen LogP contribution is 2.28. The number of hydrogen-bond acceptors (Lipinski definition) is 2. The molecule has 1 aliphatic heterocycles. The van der Waals surface area contributed by atoms with Gasteiger partial charge in [0.25, 0.3) is 5.91 Å². The summed E-state index contributed by atoms with van der Waals surface area (Å²) in [6, 6.07) is 24.1. The third-order valence-electron chi connectivity index (χ3n) is 4.84. The van der Waals surface area contributed by atoms with Crippen molar-refractivity contribution >= 4 is 23.5 Å². The first-order valence-electron chi connectivity index (χ1n) is 9.36. The number of aliphatic imine (C=N–C) groups is 1. The van der Waals surface area contributed by atoms with Crippen LogP contribution in [0.2, 0.25) is 0 Å². The number of aryl methyl sites for hydroxylation is 3. The molecule has 1 aliphatic rings. The van der Waals surface area contributed by atoms with Gasteiger partial charge in [0.15, 0.2) is 0 Å². The highest BCUT2D eigenvalue weighted by Gasteiger charge is 2.32. The molecule has 0 aliphatic carbocycles. The molecule has 138 valence electrons. The van der Waals surface area contributed by atoms with Crippen LogP contribution in [0.15, 0.2) is 83.5 Å². The van der Waals surface area contributed by atoms with Crippen LogP contribution in [0.5, 0.6) is 0 Å². The molecule has 0 saturated carbocycles. The molecule has 1 amide bonds. The molecular weight excluding hydrogens is 344 g/mol. The van der Waals surface area contributed by atoms with Crippen LogP contribution >= 0.6 is 0 Å². The fraction of sp³-hybridized carbons (Fsp3) is 0.120. The topological polar surface area (TPSA) is 32.7 Å². The molecule has 0 N–H and O–H groups in total.